The molecule has 2 fully saturated rings. The monoisotopic (exact) mass is 273 g/mol. The van der Waals surface area contributed by atoms with E-state index in [1.807, 2.05) is 11.3 Å². The number of likely N-dealkylation sites (tertiary alicyclic amines) is 1. The number of anilines is 1. The number of fused-ring (bicyclic) bond motifs is 1. The first-order chi connectivity index (χ1) is 9.40. The minimum Gasteiger partial charge on any atom is -0.346 e. The predicted molar refractivity (Wildman–Crippen MR) is 81.0 cm³/mol. The molecule has 100 valence electrons. The minimum atomic E-state index is 0.759. The van der Waals surface area contributed by atoms with E-state index < -0.39 is 0 Å². The first-order valence-electron chi connectivity index (χ1n) is 7.25. The number of rotatable bonds is 2. The van der Waals surface area contributed by atoms with Crippen LogP contribution in [0.15, 0.2) is 24.3 Å². The van der Waals surface area contributed by atoms with E-state index in [4.69, 9.17) is 4.98 Å². The molecule has 1 aromatic heterocycles. The van der Waals surface area contributed by atoms with Gasteiger partial charge in [-0.2, -0.15) is 0 Å². The number of thiazole rings is 1. The fourth-order valence-electron chi connectivity index (χ4n) is 3.32. The molecule has 0 spiro atoms. The summed E-state index contributed by atoms with van der Waals surface area (Å²) >= 11 is 1.84. The summed E-state index contributed by atoms with van der Waals surface area (Å²) in [4.78, 5) is 9.94. The Bertz CT molecular complexity index is 541. The summed E-state index contributed by atoms with van der Waals surface area (Å²) in [6, 6.07) is 9.22. The van der Waals surface area contributed by atoms with Gasteiger partial charge in [0.15, 0.2) is 5.13 Å². The molecule has 0 aliphatic carbocycles. The summed E-state index contributed by atoms with van der Waals surface area (Å²) in [6.07, 6.45) is 4.07. The molecule has 4 rings (SSSR count). The van der Waals surface area contributed by atoms with Gasteiger partial charge in [0.25, 0.3) is 0 Å². The number of para-hydroxylation sites is 1. The van der Waals surface area contributed by atoms with Gasteiger partial charge in [0, 0.05) is 19.1 Å². The number of benzene rings is 1. The third kappa shape index (κ3) is 2.13. The van der Waals surface area contributed by atoms with Gasteiger partial charge in [-0.15, -0.1) is 0 Å². The van der Waals surface area contributed by atoms with E-state index in [9.17, 15) is 0 Å². The van der Waals surface area contributed by atoms with Crippen molar-refractivity contribution in [1.82, 2.24) is 9.88 Å². The van der Waals surface area contributed by atoms with Crippen LogP contribution in [0.25, 0.3) is 10.2 Å². The Hall–Kier alpha value is -1.13. The van der Waals surface area contributed by atoms with Crippen molar-refractivity contribution in [3.8, 4) is 0 Å². The first kappa shape index (κ1) is 11.7. The Morgan fingerprint density at radius 2 is 1.95 bits per heavy atom. The van der Waals surface area contributed by atoms with E-state index in [0.29, 0.717) is 0 Å². The molecule has 0 radical (unpaired) electrons. The molecule has 1 atom stereocenters. The Kier molecular flexibility index (Phi) is 2.93. The van der Waals surface area contributed by atoms with Crippen molar-refractivity contribution in [2.45, 2.75) is 25.3 Å². The van der Waals surface area contributed by atoms with Crippen LogP contribution in [0.1, 0.15) is 19.3 Å². The van der Waals surface area contributed by atoms with Gasteiger partial charge in [0.05, 0.1) is 10.2 Å². The molecule has 2 aromatic rings. The quantitative estimate of drug-likeness (QED) is 0.838. The van der Waals surface area contributed by atoms with Crippen molar-refractivity contribution in [2.24, 2.45) is 0 Å². The summed E-state index contributed by atoms with van der Waals surface area (Å²) in [6.45, 7) is 4.94. The largest absolute Gasteiger partial charge is 0.346 e. The van der Waals surface area contributed by atoms with Crippen molar-refractivity contribution in [2.75, 3.05) is 31.1 Å². The lowest BCUT2D eigenvalue weighted by Gasteiger charge is -2.23. The third-order valence-electron chi connectivity index (χ3n) is 4.37. The van der Waals surface area contributed by atoms with Gasteiger partial charge in [-0.05, 0) is 44.5 Å². The smallest absolute Gasteiger partial charge is 0.186 e. The Labute approximate surface area is 117 Å². The fourth-order valence-corrected chi connectivity index (χ4v) is 4.32. The van der Waals surface area contributed by atoms with Crippen LogP contribution < -0.4 is 4.90 Å². The van der Waals surface area contributed by atoms with Crippen LogP contribution >= 0.6 is 11.3 Å². The second-order valence-corrected chi connectivity index (χ2v) is 6.60. The molecule has 0 N–H and O–H groups in total. The normalized spacial score (nSPS) is 24.6. The molecular weight excluding hydrogens is 254 g/mol. The second kappa shape index (κ2) is 4.76. The SMILES string of the molecule is c1ccc2sc(N3CC[C@H](N4CCCC4)C3)nc2c1. The van der Waals surface area contributed by atoms with Crippen LogP contribution in [-0.2, 0) is 0 Å². The fraction of sp³-hybridized carbons (Fsp3) is 0.533. The van der Waals surface area contributed by atoms with E-state index >= 15 is 0 Å². The van der Waals surface area contributed by atoms with Gasteiger partial charge in [-0.3, -0.25) is 4.90 Å². The summed E-state index contributed by atoms with van der Waals surface area (Å²) < 4.78 is 1.31. The zero-order valence-corrected chi connectivity index (χ0v) is 11.9. The molecule has 19 heavy (non-hydrogen) atoms. The van der Waals surface area contributed by atoms with E-state index in [0.717, 1.165) is 11.6 Å². The number of hydrogen-bond acceptors (Lipinski definition) is 4. The van der Waals surface area contributed by atoms with E-state index in [1.165, 1.54) is 55.3 Å². The lowest BCUT2D eigenvalue weighted by atomic mass is 10.2. The number of hydrogen-bond donors (Lipinski definition) is 0. The van der Waals surface area contributed by atoms with Crippen LogP contribution in [-0.4, -0.2) is 42.1 Å². The summed E-state index contributed by atoms with van der Waals surface area (Å²) in [5.41, 5.74) is 1.15. The maximum absolute atomic E-state index is 4.78. The van der Waals surface area contributed by atoms with Crippen LogP contribution in [0.3, 0.4) is 0 Å². The molecule has 0 saturated carbocycles. The molecule has 2 saturated heterocycles. The van der Waals surface area contributed by atoms with Gasteiger partial charge in [0.2, 0.25) is 0 Å². The van der Waals surface area contributed by atoms with Crippen molar-refractivity contribution >= 4 is 26.7 Å². The molecule has 0 bridgehead atoms. The van der Waals surface area contributed by atoms with Gasteiger partial charge >= 0.3 is 0 Å². The lowest BCUT2D eigenvalue weighted by Crippen LogP contribution is -2.35. The average Bonchev–Trinajstić information content (AvgIpc) is 3.17. The molecule has 3 heterocycles. The highest BCUT2D eigenvalue weighted by molar-refractivity contribution is 7.22. The first-order valence-corrected chi connectivity index (χ1v) is 8.06. The topological polar surface area (TPSA) is 19.4 Å². The predicted octanol–water partition coefficient (Wildman–Crippen LogP) is 2.97. The van der Waals surface area contributed by atoms with E-state index in [1.54, 1.807) is 0 Å². The van der Waals surface area contributed by atoms with Gasteiger partial charge in [0.1, 0.15) is 0 Å². The minimum absolute atomic E-state index is 0.759. The lowest BCUT2D eigenvalue weighted by molar-refractivity contribution is 0.260. The zero-order chi connectivity index (χ0) is 12.7. The molecular formula is C15H19N3S. The van der Waals surface area contributed by atoms with Gasteiger partial charge < -0.3 is 4.90 Å². The average molecular weight is 273 g/mol. The maximum Gasteiger partial charge on any atom is 0.186 e. The van der Waals surface area contributed by atoms with E-state index in [-0.39, 0.29) is 0 Å². The number of aromatic nitrogens is 1. The van der Waals surface area contributed by atoms with Crippen LogP contribution in [0, 0.1) is 0 Å². The van der Waals surface area contributed by atoms with Gasteiger partial charge in [-0.25, -0.2) is 4.98 Å². The zero-order valence-electron chi connectivity index (χ0n) is 11.1. The van der Waals surface area contributed by atoms with Crippen molar-refractivity contribution in [3.05, 3.63) is 24.3 Å². The molecule has 0 amide bonds. The van der Waals surface area contributed by atoms with Crippen molar-refractivity contribution in [1.29, 1.82) is 0 Å². The van der Waals surface area contributed by atoms with Crippen molar-refractivity contribution < 1.29 is 0 Å². The Morgan fingerprint density at radius 1 is 1.11 bits per heavy atom. The Balaban J connectivity index is 1.53. The molecule has 2 aliphatic heterocycles. The summed E-state index contributed by atoms with van der Waals surface area (Å²) in [5, 5.41) is 1.21. The van der Waals surface area contributed by atoms with Crippen LogP contribution in [0.4, 0.5) is 5.13 Å². The number of nitrogens with zero attached hydrogens (tertiary/aromatic N) is 3. The van der Waals surface area contributed by atoms with E-state index in [2.05, 4.69) is 34.1 Å². The molecule has 2 aliphatic rings. The van der Waals surface area contributed by atoms with Crippen LogP contribution in [0.2, 0.25) is 0 Å². The summed E-state index contributed by atoms with van der Waals surface area (Å²) in [5.74, 6) is 0. The van der Waals surface area contributed by atoms with Crippen LogP contribution in [0.5, 0.6) is 0 Å². The third-order valence-corrected chi connectivity index (χ3v) is 5.47. The highest BCUT2D eigenvalue weighted by Crippen LogP contribution is 2.32. The highest BCUT2D eigenvalue weighted by Gasteiger charge is 2.30. The van der Waals surface area contributed by atoms with Crippen molar-refractivity contribution in [3.63, 3.8) is 0 Å². The summed E-state index contributed by atoms with van der Waals surface area (Å²) in [7, 11) is 0. The molecule has 4 heteroatoms. The molecule has 0 unspecified atom stereocenters. The maximum atomic E-state index is 4.78. The second-order valence-electron chi connectivity index (χ2n) is 5.60. The van der Waals surface area contributed by atoms with Gasteiger partial charge in [-0.1, -0.05) is 23.5 Å². The highest BCUT2D eigenvalue weighted by atomic mass is 32.1. The molecule has 3 nitrogen and oxygen atoms in total. The molecule has 1 aromatic carbocycles. The standard InChI is InChI=1S/C15H19N3S/c1-2-6-14-13(5-1)16-15(19-14)18-10-7-12(11-18)17-8-3-4-9-17/h1-2,5-6,12H,3-4,7-11H2/t12-/m0/s1. The Morgan fingerprint density at radius 3 is 2.79 bits per heavy atom.